The first-order valence-electron chi connectivity index (χ1n) is 6.57. The highest BCUT2D eigenvalue weighted by atomic mass is 16.4. The number of nitrogens with one attached hydrogen (secondary N) is 1. The number of amides is 1. The van der Waals surface area contributed by atoms with Crippen molar-refractivity contribution in [2.24, 2.45) is 0 Å². The molecule has 112 valence electrons. The summed E-state index contributed by atoms with van der Waals surface area (Å²) in [5.74, 6) is -1.37. The summed E-state index contributed by atoms with van der Waals surface area (Å²) in [7, 11) is 0. The molecule has 0 aliphatic rings. The zero-order valence-corrected chi connectivity index (χ0v) is 11.7. The summed E-state index contributed by atoms with van der Waals surface area (Å²) in [5.41, 5.74) is 1.09. The Morgan fingerprint density at radius 3 is 2.86 bits per heavy atom. The molecule has 0 atom stereocenters. The highest BCUT2D eigenvalue weighted by Gasteiger charge is 2.12. The van der Waals surface area contributed by atoms with Crippen molar-refractivity contribution >= 4 is 11.9 Å². The van der Waals surface area contributed by atoms with E-state index in [1.807, 2.05) is 17.8 Å². The van der Waals surface area contributed by atoms with Crippen molar-refractivity contribution in [3.8, 4) is 0 Å². The number of carbonyl (C=O) groups is 2. The molecule has 0 aliphatic carbocycles. The summed E-state index contributed by atoms with van der Waals surface area (Å²) in [6.07, 6.45) is 5.82. The second-order valence-electron chi connectivity index (χ2n) is 4.66. The van der Waals surface area contributed by atoms with Crippen molar-refractivity contribution in [1.29, 1.82) is 0 Å². The number of carboxylic acids is 1. The molecule has 0 aliphatic heterocycles. The van der Waals surface area contributed by atoms with Crippen LogP contribution in [0.25, 0.3) is 0 Å². The monoisotopic (exact) mass is 291 g/mol. The molecular weight excluding hydrogens is 274 g/mol. The number of nitrogens with zero attached hydrogens (tertiary/aromatic N) is 4. The van der Waals surface area contributed by atoms with E-state index in [9.17, 15) is 9.59 Å². The standard InChI is InChI=1S/C13H17N5O3/c1-10-7-16-17(8-10)6-2-4-14-12(19)9-18-11(13(20)21)3-5-15-18/h3,5,7-8H,2,4,6,9H2,1H3,(H,14,19)(H,20,21). The fourth-order valence-electron chi connectivity index (χ4n) is 1.89. The first-order valence-corrected chi connectivity index (χ1v) is 6.57. The number of carboxylic acid groups (broad SMARTS) is 1. The van der Waals surface area contributed by atoms with Gasteiger partial charge in [0.05, 0.1) is 6.20 Å². The Bertz CT molecular complexity index is 631. The van der Waals surface area contributed by atoms with Gasteiger partial charge in [0, 0.05) is 25.5 Å². The van der Waals surface area contributed by atoms with E-state index in [1.165, 1.54) is 12.3 Å². The summed E-state index contributed by atoms with van der Waals surface area (Å²) in [6.45, 7) is 3.09. The third kappa shape index (κ3) is 4.16. The molecule has 0 spiro atoms. The maximum absolute atomic E-state index is 11.7. The molecule has 0 saturated carbocycles. The van der Waals surface area contributed by atoms with Crippen LogP contribution in [-0.2, 0) is 17.9 Å². The van der Waals surface area contributed by atoms with Gasteiger partial charge in [0.15, 0.2) is 0 Å². The fraction of sp³-hybridized carbons (Fsp3) is 0.385. The van der Waals surface area contributed by atoms with Gasteiger partial charge in [-0.3, -0.25) is 9.48 Å². The van der Waals surface area contributed by atoms with Crippen LogP contribution in [-0.4, -0.2) is 43.1 Å². The average molecular weight is 291 g/mol. The first-order chi connectivity index (χ1) is 10.1. The summed E-state index contributed by atoms with van der Waals surface area (Å²) >= 11 is 0. The van der Waals surface area contributed by atoms with E-state index >= 15 is 0 Å². The minimum Gasteiger partial charge on any atom is -0.477 e. The van der Waals surface area contributed by atoms with Gasteiger partial charge in [-0.25, -0.2) is 9.48 Å². The third-order valence-corrected chi connectivity index (χ3v) is 2.88. The molecule has 0 bridgehead atoms. The Labute approximate surface area is 121 Å². The van der Waals surface area contributed by atoms with Gasteiger partial charge in [-0.1, -0.05) is 0 Å². The SMILES string of the molecule is Cc1cnn(CCCNC(=O)Cn2nccc2C(=O)O)c1. The molecule has 0 unspecified atom stereocenters. The number of hydrogen-bond donors (Lipinski definition) is 2. The number of aryl methyl sites for hydroxylation is 2. The van der Waals surface area contributed by atoms with Crippen molar-refractivity contribution in [1.82, 2.24) is 24.9 Å². The van der Waals surface area contributed by atoms with Crippen LogP contribution in [0.4, 0.5) is 0 Å². The normalized spacial score (nSPS) is 10.5. The summed E-state index contributed by atoms with van der Waals surface area (Å²) in [6, 6.07) is 1.36. The van der Waals surface area contributed by atoms with Gasteiger partial charge in [0.1, 0.15) is 12.2 Å². The first kappa shape index (κ1) is 14.8. The fourth-order valence-corrected chi connectivity index (χ4v) is 1.89. The lowest BCUT2D eigenvalue weighted by molar-refractivity contribution is -0.121. The lowest BCUT2D eigenvalue weighted by atomic mass is 10.4. The highest BCUT2D eigenvalue weighted by Crippen LogP contribution is 1.98. The maximum Gasteiger partial charge on any atom is 0.354 e. The molecule has 8 nitrogen and oxygen atoms in total. The van der Waals surface area contributed by atoms with E-state index in [4.69, 9.17) is 5.11 Å². The van der Waals surface area contributed by atoms with Crippen molar-refractivity contribution in [2.45, 2.75) is 26.4 Å². The zero-order chi connectivity index (χ0) is 15.2. The Morgan fingerprint density at radius 2 is 2.19 bits per heavy atom. The van der Waals surface area contributed by atoms with Gasteiger partial charge in [0.2, 0.25) is 5.91 Å². The minimum atomic E-state index is -1.10. The van der Waals surface area contributed by atoms with Crippen LogP contribution >= 0.6 is 0 Å². The van der Waals surface area contributed by atoms with E-state index in [0.29, 0.717) is 6.54 Å². The summed E-state index contributed by atoms with van der Waals surface area (Å²) in [4.78, 5) is 22.6. The van der Waals surface area contributed by atoms with Crippen molar-refractivity contribution in [2.75, 3.05) is 6.54 Å². The molecule has 0 radical (unpaired) electrons. The van der Waals surface area contributed by atoms with Gasteiger partial charge in [-0.05, 0) is 25.0 Å². The molecule has 1 amide bonds. The number of aromatic nitrogens is 4. The number of carbonyl (C=O) groups excluding carboxylic acids is 1. The molecule has 21 heavy (non-hydrogen) atoms. The Morgan fingerprint density at radius 1 is 1.38 bits per heavy atom. The maximum atomic E-state index is 11.7. The molecule has 2 aromatic heterocycles. The second kappa shape index (κ2) is 6.69. The van der Waals surface area contributed by atoms with Gasteiger partial charge in [0.25, 0.3) is 0 Å². The predicted molar refractivity (Wildman–Crippen MR) is 73.8 cm³/mol. The highest BCUT2D eigenvalue weighted by molar-refractivity contribution is 5.86. The van der Waals surface area contributed by atoms with Gasteiger partial charge < -0.3 is 10.4 Å². The Kier molecular flexibility index (Phi) is 4.70. The van der Waals surface area contributed by atoms with E-state index in [0.717, 1.165) is 23.2 Å². The number of aromatic carboxylic acids is 1. The van der Waals surface area contributed by atoms with Crippen LogP contribution in [0.1, 0.15) is 22.5 Å². The summed E-state index contributed by atoms with van der Waals surface area (Å²) < 4.78 is 2.98. The van der Waals surface area contributed by atoms with Crippen LogP contribution in [0.5, 0.6) is 0 Å². The molecule has 0 fully saturated rings. The minimum absolute atomic E-state index is 0.00262. The molecule has 0 saturated heterocycles. The number of hydrogen-bond acceptors (Lipinski definition) is 4. The second-order valence-corrected chi connectivity index (χ2v) is 4.66. The largest absolute Gasteiger partial charge is 0.477 e. The van der Waals surface area contributed by atoms with E-state index < -0.39 is 5.97 Å². The molecular formula is C13H17N5O3. The average Bonchev–Trinajstić information content (AvgIpc) is 3.04. The molecule has 2 rings (SSSR count). The summed E-state index contributed by atoms with van der Waals surface area (Å²) in [5, 5.41) is 19.6. The number of rotatable bonds is 7. The van der Waals surface area contributed by atoms with Crippen molar-refractivity contribution < 1.29 is 14.7 Å². The van der Waals surface area contributed by atoms with Gasteiger partial charge >= 0.3 is 5.97 Å². The van der Waals surface area contributed by atoms with Crippen LogP contribution in [0.2, 0.25) is 0 Å². The molecule has 0 aromatic carbocycles. The molecule has 2 aromatic rings. The third-order valence-electron chi connectivity index (χ3n) is 2.88. The van der Waals surface area contributed by atoms with E-state index in [2.05, 4.69) is 15.5 Å². The Balaban J connectivity index is 1.72. The Hall–Kier alpha value is -2.64. The molecule has 8 heteroatoms. The van der Waals surface area contributed by atoms with E-state index in [1.54, 1.807) is 6.20 Å². The van der Waals surface area contributed by atoms with Crippen LogP contribution in [0, 0.1) is 6.92 Å². The molecule has 2 N–H and O–H groups in total. The van der Waals surface area contributed by atoms with Crippen molar-refractivity contribution in [3.05, 3.63) is 35.9 Å². The zero-order valence-electron chi connectivity index (χ0n) is 11.7. The van der Waals surface area contributed by atoms with E-state index in [-0.39, 0.29) is 18.1 Å². The smallest absolute Gasteiger partial charge is 0.354 e. The van der Waals surface area contributed by atoms with Gasteiger partial charge in [-0.2, -0.15) is 10.2 Å². The molecule has 2 heterocycles. The quantitative estimate of drug-likeness (QED) is 0.714. The lowest BCUT2D eigenvalue weighted by Crippen LogP contribution is -2.30. The predicted octanol–water partition coefficient (Wildman–Crippen LogP) is 0.293. The lowest BCUT2D eigenvalue weighted by Gasteiger charge is -2.07. The van der Waals surface area contributed by atoms with Crippen LogP contribution in [0.3, 0.4) is 0 Å². The van der Waals surface area contributed by atoms with Crippen LogP contribution < -0.4 is 5.32 Å². The topological polar surface area (TPSA) is 102 Å². The van der Waals surface area contributed by atoms with Crippen LogP contribution in [0.15, 0.2) is 24.7 Å². The van der Waals surface area contributed by atoms with Gasteiger partial charge in [-0.15, -0.1) is 0 Å². The van der Waals surface area contributed by atoms with Crippen molar-refractivity contribution in [3.63, 3.8) is 0 Å².